The molecule has 1 saturated heterocycles. The van der Waals surface area contributed by atoms with E-state index >= 15 is 0 Å². The van der Waals surface area contributed by atoms with Crippen molar-refractivity contribution in [2.24, 2.45) is 11.8 Å². The van der Waals surface area contributed by atoms with Gasteiger partial charge in [-0.2, -0.15) is 0 Å². The summed E-state index contributed by atoms with van der Waals surface area (Å²) in [7, 11) is 0. The van der Waals surface area contributed by atoms with Gasteiger partial charge >= 0.3 is 5.97 Å². The summed E-state index contributed by atoms with van der Waals surface area (Å²) in [5.41, 5.74) is 1.39. The van der Waals surface area contributed by atoms with E-state index in [9.17, 15) is 9.90 Å². The number of rotatable bonds is 3. The fourth-order valence-corrected chi connectivity index (χ4v) is 2.53. The lowest BCUT2D eigenvalue weighted by molar-refractivity contribution is -0.145. The third-order valence-corrected chi connectivity index (χ3v) is 3.27. The Kier molecular flexibility index (Phi) is 2.77. The Morgan fingerprint density at radius 2 is 2.00 bits per heavy atom. The molecule has 3 atom stereocenters. The summed E-state index contributed by atoms with van der Waals surface area (Å²) >= 11 is 0. The Morgan fingerprint density at radius 3 is 2.53 bits per heavy atom. The molecule has 1 aliphatic heterocycles. The van der Waals surface area contributed by atoms with Crippen molar-refractivity contribution in [3.8, 4) is 0 Å². The molecule has 0 bridgehead atoms. The van der Waals surface area contributed by atoms with Crippen molar-refractivity contribution in [2.45, 2.75) is 12.5 Å². The Labute approximate surface area is 87.0 Å². The third kappa shape index (κ3) is 1.47. The summed E-state index contributed by atoms with van der Waals surface area (Å²) in [6, 6.07) is 0. The lowest BCUT2D eigenvalue weighted by Gasteiger charge is -2.14. The van der Waals surface area contributed by atoms with Gasteiger partial charge in [0.05, 0.1) is 25.7 Å². The van der Waals surface area contributed by atoms with Crippen LogP contribution in [0.25, 0.3) is 0 Å². The smallest absolute Gasteiger partial charge is 0.312 e. The van der Waals surface area contributed by atoms with Crippen LogP contribution in [0.3, 0.4) is 0 Å². The SMILES string of the molecule is O=C1OC2CC(CO)=C(CO)C2C1CO. The van der Waals surface area contributed by atoms with Crippen molar-refractivity contribution in [2.75, 3.05) is 19.8 Å². The summed E-state index contributed by atoms with van der Waals surface area (Å²) in [6.07, 6.45) is 0.165. The highest BCUT2D eigenvalue weighted by atomic mass is 16.6. The van der Waals surface area contributed by atoms with Crippen LogP contribution in [0.2, 0.25) is 0 Å². The maximum Gasteiger partial charge on any atom is 0.312 e. The Hall–Kier alpha value is -0.910. The number of esters is 1. The average molecular weight is 214 g/mol. The van der Waals surface area contributed by atoms with Crippen molar-refractivity contribution in [3.05, 3.63) is 11.1 Å². The summed E-state index contributed by atoms with van der Waals surface area (Å²) in [5.74, 6) is -1.24. The molecule has 1 fully saturated rings. The first-order chi connectivity index (χ1) is 7.22. The maximum atomic E-state index is 11.3. The predicted molar refractivity (Wildman–Crippen MR) is 49.8 cm³/mol. The first-order valence-corrected chi connectivity index (χ1v) is 4.96. The van der Waals surface area contributed by atoms with Gasteiger partial charge in [0.25, 0.3) is 0 Å². The molecule has 1 aliphatic carbocycles. The van der Waals surface area contributed by atoms with Crippen LogP contribution in [0.4, 0.5) is 0 Å². The molecule has 3 N–H and O–H groups in total. The number of hydrogen-bond donors (Lipinski definition) is 3. The third-order valence-electron chi connectivity index (χ3n) is 3.27. The van der Waals surface area contributed by atoms with Gasteiger partial charge in [-0.1, -0.05) is 0 Å². The summed E-state index contributed by atoms with van der Waals surface area (Å²) in [5, 5.41) is 27.4. The van der Waals surface area contributed by atoms with Crippen LogP contribution in [-0.2, 0) is 9.53 Å². The molecule has 0 aromatic rings. The highest BCUT2D eigenvalue weighted by molar-refractivity contribution is 5.77. The van der Waals surface area contributed by atoms with E-state index in [2.05, 4.69) is 0 Å². The fourth-order valence-electron chi connectivity index (χ4n) is 2.53. The van der Waals surface area contributed by atoms with E-state index in [1.165, 1.54) is 0 Å². The van der Waals surface area contributed by atoms with Crippen molar-refractivity contribution in [3.63, 3.8) is 0 Å². The van der Waals surface area contributed by atoms with Crippen LogP contribution in [0.1, 0.15) is 6.42 Å². The number of carbonyl (C=O) groups excluding carboxylic acids is 1. The molecule has 5 heteroatoms. The quantitative estimate of drug-likeness (QED) is 0.406. The minimum atomic E-state index is -0.582. The lowest BCUT2D eigenvalue weighted by atomic mass is 9.88. The van der Waals surface area contributed by atoms with Gasteiger partial charge in [0.15, 0.2) is 0 Å². The number of carbonyl (C=O) groups is 1. The van der Waals surface area contributed by atoms with Gasteiger partial charge in [0.2, 0.25) is 0 Å². The molecule has 84 valence electrons. The zero-order valence-corrected chi connectivity index (χ0v) is 8.22. The molecule has 2 aliphatic rings. The highest BCUT2D eigenvalue weighted by Gasteiger charge is 2.50. The van der Waals surface area contributed by atoms with Gasteiger partial charge < -0.3 is 20.1 Å². The van der Waals surface area contributed by atoms with Crippen LogP contribution in [0.15, 0.2) is 11.1 Å². The van der Waals surface area contributed by atoms with E-state index in [-0.39, 0.29) is 31.8 Å². The van der Waals surface area contributed by atoms with Crippen LogP contribution < -0.4 is 0 Å². The molecule has 5 nitrogen and oxygen atoms in total. The Morgan fingerprint density at radius 1 is 1.27 bits per heavy atom. The Bertz CT molecular complexity index is 309. The van der Waals surface area contributed by atoms with Crippen LogP contribution in [-0.4, -0.2) is 47.2 Å². The van der Waals surface area contributed by atoms with Gasteiger partial charge in [0, 0.05) is 12.3 Å². The largest absolute Gasteiger partial charge is 0.461 e. The Balaban J connectivity index is 2.29. The van der Waals surface area contributed by atoms with E-state index in [1.54, 1.807) is 0 Å². The summed E-state index contributed by atoms with van der Waals surface area (Å²) < 4.78 is 5.09. The lowest BCUT2D eigenvalue weighted by Crippen LogP contribution is -2.23. The number of hydrogen-bond acceptors (Lipinski definition) is 5. The molecule has 0 amide bonds. The van der Waals surface area contributed by atoms with Crippen molar-refractivity contribution in [1.29, 1.82) is 0 Å². The minimum absolute atomic E-state index is 0.126. The molecule has 2 rings (SSSR count). The van der Waals surface area contributed by atoms with E-state index in [0.29, 0.717) is 12.0 Å². The molecule has 0 spiro atoms. The van der Waals surface area contributed by atoms with Gasteiger partial charge in [0.1, 0.15) is 6.10 Å². The monoisotopic (exact) mass is 214 g/mol. The molecule has 0 saturated carbocycles. The van der Waals surface area contributed by atoms with Crippen LogP contribution in [0.5, 0.6) is 0 Å². The van der Waals surface area contributed by atoms with Crippen molar-refractivity contribution in [1.82, 2.24) is 0 Å². The average Bonchev–Trinajstić information content (AvgIpc) is 2.71. The predicted octanol–water partition coefficient (Wildman–Crippen LogP) is -1.18. The molecule has 0 aromatic heterocycles. The van der Waals surface area contributed by atoms with Crippen LogP contribution in [0, 0.1) is 11.8 Å². The zero-order chi connectivity index (χ0) is 11.0. The number of fused-ring (bicyclic) bond motifs is 1. The molecule has 3 unspecified atom stereocenters. The highest BCUT2D eigenvalue weighted by Crippen LogP contribution is 2.43. The fraction of sp³-hybridized carbons (Fsp3) is 0.700. The molecular formula is C10H14O5. The van der Waals surface area contributed by atoms with E-state index < -0.39 is 11.9 Å². The first-order valence-electron chi connectivity index (χ1n) is 4.96. The zero-order valence-electron chi connectivity index (χ0n) is 8.22. The van der Waals surface area contributed by atoms with Gasteiger partial charge in [-0.25, -0.2) is 0 Å². The second kappa shape index (κ2) is 3.92. The molecule has 15 heavy (non-hydrogen) atoms. The second-order valence-electron chi connectivity index (χ2n) is 3.94. The maximum absolute atomic E-state index is 11.3. The summed E-state index contributed by atoms with van der Waals surface area (Å²) in [6.45, 7) is -0.592. The standard InChI is InChI=1S/C10H14O5/c11-2-5-1-8-9(6(5)3-12)7(4-13)10(14)15-8/h7-9,11-13H,1-4H2. The van der Waals surface area contributed by atoms with Crippen LogP contribution >= 0.6 is 0 Å². The van der Waals surface area contributed by atoms with E-state index in [4.69, 9.17) is 14.9 Å². The van der Waals surface area contributed by atoms with Crippen molar-refractivity contribution < 1.29 is 24.9 Å². The number of ether oxygens (including phenoxy) is 1. The van der Waals surface area contributed by atoms with E-state index in [0.717, 1.165) is 5.57 Å². The number of aliphatic hydroxyl groups is 3. The van der Waals surface area contributed by atoms with E-state index in [1.807, 2.05) is 0 Å². The number of aliphatic hydroxyl groups excluding tert-OH is 3. The first kappa shape index (κ1) is 10.6. The molecule has 1 heterocycles. The topological polar surface area (TPSA) is 87.0 Å². The van der Waals surface area contributed by atoms with Crippen molar-refractivity contribution >= 4 is 5.97 Å². The second-order valence-corrected chi connectivity index (χ2v) is 3.94. The summed E-state index contributed by atoms with van der Waals surface area (Å²) in [4.78, 5) is 11.3. The molecule has 0 aromatic carbocycles. The van der Waals surface area contributed by atoms with Gasteiger partial charge in [-0.15, -0.1) is 0 Å². The van der Waals surface area contributed by atoms with Gasteiger partial charge in [-0.05, 0) is 11.1 Å². The molecule has 0 radical (unpaired) electrons. The normalized spacial score (nSPS) is 34.6. The molecular weight excluding hydrogens is 200 g/mol. The minimum Gasteiger partial charge on any atom is -0.461 e. The van der Waals surface area contributed by atoms with Gasteiger partial charge in [-0.3, -0.25) is 4.79 Å².